The van der Waals surface area contributed by atoms with Crippen LogP contribution in [0.5, 0.6) is 0 Å². The smallest absolute Gasteiger partial charge is 0.338 e. The lowest BCUT2D eigenvalue weighted by Crippen LogP contribution is -2.60. The number of carbonyl (C=O) groups excluding carboxylic acids is 5. The molecule has 0 aliphatic heterocycles. The Labute approximate surface area is 322 Å². The van der Waals surface area contributed by atoms with E-state index in [-0.39, 0.29) is 37.3 Å². The largest absolute Gasteiger partial charge is 0.462 e. The summed E-state index contributed by atoms with van der Waals surface area (Å²) in [6, 6.07) is 17.4. The first kappa shape index (κ1) is 41.4. The summed E-state index contributed by atoms with van der Waals surface area (Å²) in [6.07, 6.45) is -5.39. The van der Waals surface area contributed by atoms with Gasteiger partial charge in [-0.05, 0) is 74.6 Å². The van der Waals surface area contributed by atoms with Crippen molar-refractivity contribution in [2.45, 2.75) is 116 Å². The first-order chi connectivity index (χ1) is 25.8. The van der Waals surface area contributed by atoms with Crippen molar-refractivity contribution in [3.8, 4) is 0 Å². The van der Waals surface area contributed by atoms with Crippen LogP contribution >= 0.6 is 0 Å². The number of carbonyl (C=O) groups is 5. The average molecular weight is 760 g/mol. The zero-order chi connectivity index (χ0) is 40.5. The fourth-order valence-electron chi connectivity index (χ4n) is 9.18. The number of benzene rings is 2. The highest BCUT2D eigenvalue weighted by Crippen LogP contribution is 2.65. The van der Waals surface area contributed by atoms with Crippen molar-refractivity contribution in [2.24, 2.45) is 16.7 Å². The van der Waals surface area contributed by atoms with E-state index in [0.29, 0.717) is 16.7 Å². The summed E-state index contributed by atoms with van der Waals surface area (Å²) >= 11 is 0. The van der Waals surface area contributed by atoms with Gasteiger partial charge in [-0.25, -0.2) is 4.79 Å². The van der Waals surface area contributed by atoms with Gasteiger partial charge in [0.1, 0.15) is 18.3 Å². The molecule has 0 aromatic heterocycles. The number of esters is 5. The molecule has 2 aromatic carbocycles. The van der Waals surface area contributed by atoms with E-state index < -0.39 is 82.7 Å². The van der Waals surface area contributed by atoms with Gasteiger partial charge in [0.25, 0.3) is 0 Å². The second-order valence-corrected chi connectivity index (χ2v) is 15.7. The molecule has 3 aliphatic rings. The maximum atomic E-state index is 14.0. The van der Waals surface area contributed by atoms with Crippen molar-refractivity contribution in [1.29, 1.82) is 0 Å². The molecule has 2 aromatic rings. The molecule has 12 heteroatoms. The summed E-state index contributed by atoms with van der Waals surface area (Å²) in [7, 11) is 1.75. The number of ether oxygens (including phenoxy) is 5. The van der Waals surface area contributed by atoms with E-state index in [2.05, 4.69) is 11.9 Å². The van der Waals surface area contributed by atoms with Gasteiger partial charge in [-0.15, -0.1) is 0 Å². The van der Waals surface area contributed by atoms with Crippen molar-refractivity contribution in [2.75, 3.05) is 7.05 Å². The number of hydrogen-bond donors (Lipinski definition) is 2. The van der Waals surface area contributed by atoms with Crippen LogP contribution in [0.15, 0.2) is 84.0 Å². The van der Waals surface area contributed by atoms with Crippen LogP contribution in [-0.4, -0.2) is 78.1 Å². The van der Waals surface area contributed by atoms with Gasteiger partial charge in [-0.1, -0.05) is 62.0 Å². The van der Waals surface area contributed by atoms with Crippen molar-refractivity contribution < 1.29 is 52.8 Å². The van der Waals surface area contributed by atoms with Crippen LogP contribution in [0.25, 0.3) is 0 Å². The van der Waals surface area contributed by atoms with Crippen molar-refractivity contribution in [3.05, 3.63) is 95.1 Å². The quantitative estimate of drug-likeness (QED) is 0.163. The number of fused-ring (bicyclic) bond motifs is 2. The molecule has 0 saturated heterocycles. The Kier molecular flexibility index (Phi) is 12.1. The molecule has 0 heterocycles. The number of nitrogens with one attached hydrogen (secondary N) is 1. The van der Waals surface area contributed by atoms with Gasteiger partial charge >= 0.3 is 29.8 Å². The first-order valence-corrected chi connectivity index (χ1v) is 18.7. The molecule has 2 N–H and O–H groups in total. The van der Waals surface area contributed by atoms with Crippen molar-refractivity contribution >= 4 is 29.8 Å². The van der Waals surface area contributed by atoms with Crippen LogP contribution in [0, 0.1) is 16.7 Å². The van der Waals surface area contributed by atoms with Crippen LogP contribution < -0.4 is 5.32 Å². The molecule has 0 bridgehead atoms. The molecule has 2 saturated carbocycles. The topological polar surface area (TPSA) is 164 Å². The summed E-state index contributed by atoms with van der Waals surface area (Å²) in [5, 5.41) is 15.5. The summed E-state index contributed by atoms with van der Waals surface area (Å²) in [5.41, 5.74) is -1.70. The molecule has 0 amide bonds. The van der Waals surface area contributed by atoms with Gasteiger partial charge in [0.2, 0.25) is 0 Å². The summed E-state index contributed by atoms with van der Waals surface area (Å²) in [4.78, 5) is 66.3. The van der Waals surface area contributed by atoms with E-state index in [0.717, 1.165) is 5.56 Å². The maximum absolute atomic E-state index is 14.0. The molecule has 55 heavy (non-hydrogen) atoms. The molecule has 0 spiro atoms. The number of hydrogen-bond acceptors (Lipinski definition) is 12. The molecule has 9 atom stereocenters. The second-order valence-electron chi connectivity index (χ2n) is 15.7. The molecule has 3 aliphatic carbocycles. The highest BCUT2D eigenvalue weighted by molar-refractivity contribution is 5.89. The summed E-state index contributed by atoms with van der Waals surface area (Å²) in [5.74, 6) is -3.92. The van der Waals surface area contributed by atoms with Crippen LogP contribution in [0.2, 0.25) is 0 Å². The molecular weight excluding hydrogens is 706 g/mol. The van der Waals surface area contributed by atoms with Crippen LogP contribution in [0.4, 0.5) is 0 Å². The van der Waals surface area contributed by atoms with Crippen LogP contribution in [0.3, 0.4) is 0 Å². The third-order valence-electron chi connectivity index (χ3n) is 11.9. The lowest BCUT2D eigenvalue weighted by Gasteiger charge is -2.53. The molecule has 0 radical (unpaired) electrons. The fraction of sp³-hybridized carbons (Fsp3) is 0.512. The van der Waals surface area contributed by atoms with Gasteiger partial charge in [-0.2, -0.15) is 0 Å². The minimum Gasteiger partial charge on any atom is -0.462 e. The maximum Gasteiger partial charge on any atom is 0.338 e. The van der Waals surface area contributed by atoms with E-state index in [1.165, 1.54) is 20.8 Å². The first-order valence-electron chi connectivity index (χ1n) is 18.7. The standard InChI is InChI=1S/C43H53NO11/c1-24-31-22-43(41(6,7)50)23-34(51-26(3)45)25(2)37(43)38(55-40(49)30-18-14-11-15-19-30)39(53-28(5)47)42(31,8)35(52-27(4)46)21-33(24)54-36(48)20-32(44-9)29-16-12-10-13-17-29/h10-19,31-35,38-39,44,50H,1,20-23H2,2-9H3. The summed E-state index contributed by atoms with van der Waals surface area (Å²) in [6.45, 7) is 15.1. The normalized spacial score (nSPS) is 29.5. The van der Waals surface area contributed by atoms with E-state index in [1.807, 2.05) is 30.3 Å². The lowest BCUT2D eigenvalue weighted by molar-refractivity contribution is -0.198. The SMILES string of the molecule is C=C1C(OC(=O)CC(NC)c2ccccc2)CC(OC(C)=O)C2(C)C1CC1(C(C)(C)O)CC(OC(C)=O)C(C)=C1C(OC(=O)c1ccccc1)C2OC(C)=O. The summed E-state index contributed by atoms with van der Waals surface area (Å²) < 4.78 is 30.8. The predicted octanol–water partition coefficient (Wildman–Crippen LogP) is 5.73. The lowest BCUT2D eigenvalue weighted by atomic mass is 9.56. The second kappa shape index (κ2) is 16.1. The Hall–Kier alpha value is -4.81. The van der Waals surface area contributed by atoms with E-state index in [4.69, 9.17) is 23.7 Å². The molecule has 9 unspecified atom stereocenters. The molecule has 5 rings (SSSR count). The predicted molar refractivity (Wildman–Crippen MR) is 201 cm³/mol. The zero-order valence-corrected chi connectivity index (χ0v) is 32.9. The van der Waals surface area contributed by atoms with E-state index in [9.17, 15) is 29.1 Å². The highest BCUT2D eigenvalue weighted by atomic mass is 16.6. The van der Waals surface area contributed by atoms with Crippen LogP contribution in [-0.2, 0) is 42.9 Å². The Morgan fingerprint density at radius 2 is 1.44 bits per heavy atom. The Balaban J connectivity index is 1.70. The van der Waals surface area contributed by atoms with Gasteiger partial charge in [0.05, 0.1) is 23.0 Å². The third-order valence-corrected chi connectivity index (χ3v) is 11.9. The monoisotopic (exact) mass is 759 g/mol. The third kappa shape index (κ3) is 8.11. The van der Waals surface area contributed by atoms with E-state index >= 15 is 0 Å². The van der Waals surface area contributed by atoms with E-state index in [1.54, 1.807) is 65.1 Å². The molecule has 12 nitrogen and oxygen atoms in total. The number of aliphatic hydroxyl groups is 1. The molecule has 2 fully saturated rings. The minimum atomic E-state index is -1.57. The molecule has 296 valence electrons. The number of rotatable bonds is 11. The van der Waals surface area contributed by atoms with Gasteiger partial charge in [0, 0.05) is 45.1 Å². The Bertz CT molecular complexity index is 1830. The van der Waals surface area contributed by atoms with Gasteiger partial charge in [-0.3, -0.25) is 19.2 Å². The van der Waals surface area contributed by atoms with Crippen LogP contribution in [0.1, 0.15) is 96.1 Å². The molecular formula is C43H53NO11. The average Bonchev–Trinajstić information content (AvgIpc) is 3.35. The van der Waals surface area contributed by atoms with Crippen molar-refractivity contribution in [1.82, 2.24) is 5.32 Å². The minimum absolute atomic E-state index is 0.0121. The Morgan fingerprint density at radius 3 is 1.98 bits per heavy atom. The van der Waals surface area contributed by atoms with Gasteiger partial charge < -0.3 is 34.1 Å². The Morgan fingerprint density at radius 1 is 0.855 bits per heavy atom. The van der Waals surface area contributed by atoms with Gasteiger partial charge in [0.15, 0.2) is 12.2 Å². The fourth-order valence-corrected chi connectivity index (χ4v) is 9.18. The zero-order valence-electron chi connectivity index (χ0n) is 32.9. The van der Waals surface area contributed by atoms with Crippen molar-refractivity contribution in [3.63, 3.8) is 0 Å². The highest BCUT2D eigenvalue weighted by Gasteiger charge is 2.69.